The Bertz CT molecular complexity index is 794. The van der Waals surface area contributed by atoms with Gasteiger partial charge in [0.25, 0.3) is 0 Å². The average molecular weight is 386 g/mol. The van der Waals surface area contributed by atoms with Gasteiger partial charge in [-0.05, 0) is 43.2 Å². The molecule has 2 amide bonds. The van der Waals surface area contributed by atoms with Crippen molar-refractivity contribution in [3.63, 3.8) is 0 Å². The molecule has 0 aliphatic carbocycles. The van der Waals surface area contributed by atoms with Crippen LogP contribution in [0, 0.1) is 6.92 Å². The van der Waals surface area contributed by atoms with Gasteiger partial charge in [0.05, 0.1) is 20.3 Å². The number of carbonyl (C=O) groups is 2. The second-order valence-electron chi connectivity index (χ2n) is 6.12. The largest absolute Gasteiger partial charge is 0.453 e. The molecular formula is C21H26N2O5. The lowest BCUT2D eigenvalue weighted by atomic mass is 10.2. The first-order valence-corrected chi connectivity index (χ1v) is 9.12. The fourth-order valence-corrected chi connectivity index (χ4v) is 2.49. The number of carbonyl (C=O) groups excluding carboxylic acids is 2. The maximum Gasteiger partial charge on any atom is 0.419 e. The molecule has 1 N–H and O–H groups in total. The monoisotopic (exact) mass is 386 g/mol. The van der Waals surface area contributed by atoms with Crippen LogP contribution in [-0.4, -0.2) is 39.1 Å². The highest BCUT2D eigenvalue weighted by atomic mass is 16.6. The highest BCUT2D eigenvalue weighted by Crippen LogP contribution is 2.21. The first-order chi connectivity index (χ1) is 13.5. The zero-order chi connectivity index (χ0) is 20.4. The van der Waals surface area contributed by atoms with Crippen molar-refractivity contribution < 1.29 is 23.8 Å². The first-order valence-electron chi connectivity index (χ1n) is 9.12. The van der Waals surface area contributed by atoms with Gasteiger partial charge in [0.1, 0.15) is 5.75 Å². The van der Waals surface area contributed by atoms with E-state index in [9.17, 15) is 9.59 Å². The van der Waals surface area contributed by atoms with Crippen molar-refractivity contribution in [3.05, 3.63) is 54.1 Å². The van der Waals surface area contributed by atoms with E-state index in [1.165, 1.54) is 12.0 Å². The number of ether oxygens (including phenoxy) is 3. The Kier molecular flexibility index (Phi) is 8.30. The molecule has 7 nitrogen and oxygen atoms in total. The molecule has 0 atom stereocenters. The normalized spacial score (nSPS) is 10.2. The Morgan fingerprint density at radius 2 is 1.86 bits per heavy atom. The molecule has 0 bridgehead atoms. The third-order valence-electron chi connectivity index (χ3n) is 3.81. The second-order valence-corrected chi connectivity index (χ2v) is 6.12. The zero-order valence-corrected chi connectivity index (χ0v) is 16.4. The van der Waals surface area contributed by atoms with Crippen molar-refractivity contribution in [1.82, 2.24) is 0 Å². The molecule has 0 spiro atoms. The van der Waals surface area contributed by atoms with Crippen LogP contribution in [0.15, 0.2) is 48.5 Å². The topological polar surface area (TPSA) is 77.1 Å². The van der Waals surface area contributed by atoms with Gasteiger partial charge in [0.15, 0.2) is 0 Å². The summed E-state index contributed by atoms with van der Waals surface area (Å²) in [6.07, 6.45) is -0.214. The minimum Gasteiger partial charge on any atom is -0.453 e. The van der Waals surface area contributed by atoms with E-state index in [0.29, 0.717) is 31.2 Å². The van der Waals surface area contributed by atoms with Crippen LogP contribution in [0.4, 0.5) is 21.0 Å². The molecule has 0 saturated carbocycles. The van der Waals surface area contributed by atoms with Crippen molar-refractivity contribution in [1.29, 1.82) is 0 Å². The quantitative estimate of drug-likeness (QED) is 0.671. The molecule has 2 aromatic carbocycles. The molecule has 0 heterocycles. The van der Waals surface area contributed by atoms with E-state index in [0.717, 1.165) is 17.7 Å². The molecule has 28 heavy (non-hydrogen) atoms. The summed E-state index contributed by atoms with van der Waals surface area (Å²) in [6.45, 7) is 5.39. The summed E-state index contributed by atoms with van der Waals surface area (Å²) in [5.74, 6) is 0.311. The summed E-state index contributed by atoms with van der Waals surface area (Å²) < 4.78 is 15.6. The number of amides is 2. The van der Waals surface area contributed by atoms with Crippen LogP contribution in [0.2, 0.25) is 0 Å². The van der Waals surface area contributed by atoms with Gasteiger partial charge < -0.3 is 14.2 Å². The highest BCUT2D eigenvalue weighted by molar-refractivity contribution is 5.90. The van der Waals surface area contributed by atoms with E-state index >= 15 is 0 Å². The van der Waals surface area contributed by atoms with Crippen LogP contribution in [0.3, 0.4) is 0 Å². The maximum atomic E-state index is 12.8. The summed E-state index contributed by atoms with van der Waals surface area (Å²) in [7, 11) is 1.28. The minimum atomic E-state index is -0.599. The summed E-state index contributed by atoms with van der Waals surface area (Å²) >= 11 is 0. The molecule has 7 heteroatoms. The molecule has 2 aromatic rings. The van der Waals surface area contributed by atoms with Crippen molar-refractivity contribution in [2.75, 3.05) is 37.1 Å². The molecule has 150 valence electrons. The first kappa shape index (κ1) is 21.2. The number of aryl methyl sites for hydroxylation is 1. The molecule has 0 aliphatic rings. The lowest BCUT2D eigenvalue weighted by Crippen LogP contribution is -2.36. The lowest BCUT2D eigenvalue weighted by molar-refractivity contribution is 0.139. The molecular weight excluding hydrogens is 360 g/mol. The summed E-state index contributed by atoms with van der Waals surface area (Å²) in [4.78, 5) is 25.7. The number of hydrogen-bond donors (Lipinski definition) is 1. The Morgan fingerprint density at radius 1 is 1.07 bits per heavy atom. The fraction of sp³-hybridized carbons (Fsp3) is 0.333. The number of nitrogens with one attached hydrogen (secondary N) is 1. The van der Waals surface area contributed by atoms with Gasteiger partial charge >= 0.3 is 12.2 Å². The molecule has 0 aromatic heterocycles. The summed E-state index contributed by atoms with van der Waals surface area (Å²) in [5.41, 5.74) is 2.23. The summed E-state index contributed by atoms with van der Waals surface area (Å²) in [5, 5.41) is 2.54. The number of benzene rings is 2. The predicted molar refractivity (Wildman–Crippen MR) is 108 cm³/mol. The number of rotatable bonds is 8. The molecule has 0 fully saturated rings. The average Bonchev–Trinajstić information content (AvgIpc) is 2.68. The van der Waals surface area contributed by atoms with Gasteiger partial charge in [-0.25, -0.2) is 9.59 Å². The van der Waals surface area contributed by atoms with E-state index in [-0.39, 0.29) is 0 Å². The molecule has 0 aliphatic heterocycles. The predicted octanol–water partition coefficient (Wildman–Crippen LogP) is 4.61. The summed E-state index contributed by atoms with van der Waals surface area (Å²) in [6, 6.07) is 14.2. The number of anilines is 2. The fourth-order valence-electron chi connectivity index (χ4n) is 2.49. The van der Waals surface area contributed by atoms with E-state index < -0.39 is 12.2 Å². The Morgan fingerprint density at radius 3 is 2.57 bits per heavy atom. The van der Waals surface area contributed by atoms with E-state index in [1.807, 2.05) is 38.1 Å². The molecule has 0 unspecified atom stereocenters. The van der Waals surface area contributed by atoms with Crippen molar-refractivity contribution in [3.8, 4) is 5.75 Å². The SMILES string of the molecule is CCCOCCN(C(=O)Oc1cccc(NC(=O)OC)c1)c1cccc(C)c1. The van der Waals surface area contributed by atoms with Crippen molar-refractivity contribution in [2.45, 2.75) is 20.3 Å². The van der Waals surface area contributed by atoms with Crippen molar-refractivity contribution >= 4 is 23.6 Å². The smallest absolute Gasteiger partial charge is 0.419 e. The van der Waals surface area contributed by atoms with E-state index in [4.69, 9.17) is 9.47 Å². The van der Waals surface area contributed by atoms with Crippen LogP contribution >= 0.6 is 0 Å². The van der Waals surface area contributed by atoms with Crippen LogP contribution in [-0.2, 0) is 9.47 Å². The minimum absolute atomic E-state index is 0.311. The van der Waals surface area contributed by atoms with Crippen LogP contribution < -0.4 is 15.0 Å². The lowest BCUT2D eigenvalue weighted by Gasteiger charge is -2.22. The van der Waals surface area contributed by atoms with Gasteiger partial charge in [-0.15, -0.1) is 0 Å². The number of nitrogens with zero attached hydrogens (tertiary/aromatic N) is 1. The van der Waals surface area contributed by atoms with Gasteiger partial charge in [-0.3, -0.25) is 10.2 Å². The van der Waals surface area contributed by atoms with E-state index in [1.54, 1.807) is 24.3 Å². The van der Waals surface area contributed by atoms with Crippen LogP contribution in [0.1, 0.15) is 18.9 Å². The van der Waals surface area contributed by atoms with Crippen molar-refractivity contribution in [2.24, 2.45) is 0 Å². The highest BCUT2D eigenvalue weighted by Gasteiger charge is 2.18. The van der Waals surface area contributed by atoms with Gasteiger partial charge in [0, 0.05) is 24.0 Å². The van der Waals surface area contributed by atoms with Crippen LogP contribution in [0.5, 0.6) is 5.75 Å². The third kappa shape index (κ3) is 6.59. The van der Waals surface area contributed by atoms with Gasteiger partial charge in [-0.2, -0.15) is 0 Å². The Labute approximate surface area is 165 Å². The second kappa shape index (κ2) is 10.9. The Balaban J connectivity index is 2.13. The number of hydrogen-bond acceptors (Lipinski definition) is 5. The van der Waals surface area contributed by atoms with Gasteiger partial charge in [-0.1, -0.05) is 25.1 Å². The van der Waals surface area contributed by atoms with Gasteiger partial charge in [0.2, 0.25) is 0 Å². The molecule has 0 saturated heterocycles. The molecule has 0 radical (unpaired) electrons. The Hall–Kier alpha value is -3.06. The standard InChI is InChI=1S/C21H26N2O5/c1-4-12-27-13-11-23(18-9-5-7-16(2)14-18)21(25)28-19-10-6-8-17(15-19)22-20(24)26-3/h5-10,14-15H,4,11-13H2,1-3H3,(H,22,24). The number of methoxy groups -OCH3 is 1. The van der Waals surface area contributed by atoms with Crippen LogP contribution in [0.25, 0.3) is 0 Å². The van der Waals surface area contributed by atoms with E-state index in [2.05, 4.69) is 10.1 Å². The molecule has 2 rings (SSSR count). The maximum absolute atomic E-state index is 12.8. The third-order valence-corrected chi connectivity index (χ3v) is 3.81. The zero-order valence-electron chi connectivity index (χ0n) is 16.4.